The zero-order valence-corrected chi connectivity index (χ0v) is 11.1. The molecule has 6 heteroatoms. The van der Waals surface area contributed by atoms with Crippen LogP contribution in [0.25, 0.3) is 16.9 Å². The lowest BCUT2D eigenvalue weighted by molar-refractivity contribution is 0.0690. The summed E-state index contributed by atoms with van der Waals surface area (Å²) in [5.41, 5.74) is 1.21. The smallest absolute Gasteiger partial charge is 0.355 e. The number of carbonyl (C=O) groups is 1. The van der Waals surface area contributed by atoms with Gasteiger partial charge in [0.2, 0.25) is 0 Å². The molecule has 0 aliphatic carbocycles. The summed E-state index contributed by atoms with van der Waals surface area (Å²) in [6.07, 6.45) is 1.11. The van der Waals surface area contributed by atoms with E-state index in [1.54, 1.807) is 31.4 Å². The lowest BCUT2D eigenvalue weighted by Crippen LogP contribution is -2.04. The summed E-state index contributed by atoms with van der Waals surface area (Å²) in [4.78, 5) is 15.8. The molecule has 0 amide bonds. The molecule has 0 bridgehead atoms. The monoisotopic (exact) mass is 286 g/mol. The van der Waals surface area contributed by atoms with E-state index in [1.165, 1.54) is 16.5 Å². The molecule has 3 rings (SSSR count). The number of carboxylic acid groups (broad SMARTS) is 1. The van der Waals surface area contributed by atoms with E-state index in [4.69, 9.17) is 4.74 Å². The highest BCUT2D eigenvalue weighted by atomic mass is 19.1. The Kier molecular flexibility index (Phi) is 3.06. The van der Waals surface area contributed by atoms with Crippen LogP contribution in [-0.4, -0.2) is 27.6 Å². The molecule has 0 spiro atoms. The van der Waals surface area contributed by atoms with E-state index in [2.05, 4.69) is 4.98 Å². The maximum Gasteiger partial charge on any atom is 0.355 e. The molecule has 0 unspecified atom stereocenters. The van der Waals surface area contributed by atoms with Gasteiger partial charge in [-0.2, -0.15) is 0 Å². The first-order valence-electron chi connectivity index (χ1n) is 6.15. The number of hydrogen-bond acceptors (Lipinski definition) is 3. The van der Waals surface area contributed by atoms with Crippen molar-refractivity contribution in [2.24, 2.45) is 0 Å². The van der Waals surface area contributed by atoms with Crippen molar-refractivity contribution in [2.45, 2.75) is 0 Å². The molecule has 0 saturated carbocycles. The molecule has 21 heavy (non-hydrogen) atoms. The van der Waals surface area contributed by atoms with Gasteiger partial charge in [0, 0.05) is 11.8 Å². The van der Waals surface area contributed by atoms with Gasteiger partial charge < -0.3 is 9.84 Å². The average Bonchev–Trinajstić information content (AvgIpc) is 2.86. The van der Waals surface area contributed by atoms with Gasteiger partial charge in [-0.05, 0) is 36.4 Å². The van der Waals surface area contributed by atoms with Crippen molar-refractivity contribution in [2.75, 3.05) is 7.11 Å². The third-order valence-electron chi connectivity index (χ3n) is 3.15. The molecule has 0 aliphatic rings. The van der Waals surface area contributed by atoms with E-state index < -0.39 is 11.8 Å². The number of aromatic nitrogens is 2. The number of halogens is 1. The van der Waals surface area contributed by atoms with Crippen LogP contribution in [0, 0.1) is 5.82 Å². The Bertz CT molecular complexity index is 825. The Labute approximate surface area is 119 Å². The van der Waals surface area contributed by atoms with Crippen molar-refractivity contribution in [1.82, 2.24) is 9.38 Å². The lowest BCUT2D eigenvalue weighted by Gasteiger charge is -2.02. The van der Waals surface area contributed by atoms with Gasteiger partial charge in [0.1, 0.15) is 22.9 Å². The molecule has 0 saturated heterocycles. The maximum atomic E-state index is 13.3. The minimum atomic E-state index is -1.17. The normalized spacial score (nSPS) is 10.8. The largest absolute Gasteiger partial charge is 0.497 e. The Hall–Kier alpha value is -2.89. The Morgan fingerprint density at radius 1 is 1.24 bits per heavy atom. The molecule has 0 aliphatic heterocycles. The summed E-state index contributed by atoms with van der Waals surface area (Å²) in [6, 6.07) is 9.53. The Morgan fingerprint density at radius 2 is 1.95 bits per heavy atom. The van der Waals surface area contributed by atoms with E-state index in [0.717, 1.165) is 6.20 Å². The number of fused-ring (bicyclic) bond motifs is 1. The minimum Gasteiger partial charge on any atom is -0.497 e. The highest BCUT2D eigenvalue weighted by Crippen LogP contribution is 2.26. The molecule has 0 fully saturated rings. The highest BCUT2D eigenvalue weighted by Gasteiger charge is 2.20. The number of ether oxygens (including phenoxy) is 1. The van der Waals surface area contributed by atoms with Crippen LogP contribution in [0.1, 0.15) is 10.5 Å². The molecule has 106 valence electrons. The molecular weight excluding hydrogens is 275 g/mol. The molecule has 5 nitrogen and oxygen atoms in total. The number of nitrogens with zero attached hydrogens (tertiary/aromatic N) is 2. The van der Waals surface area contributed by atoms with Crippen LogP contribution < -0.4 is 4.74 Å². The van der Waals surface area contributed by atoms with Gasteiger partial charge in [-0.25, -0.2) is 14.2 Å². The van der Waals surface area contributed by atoms with Crippen LogP contribution >= 0.6 is 0 Å². The van der Waals surface area contributed by atoms with Crippen molar-refractivity contribution in [3.63, 3.8) is 0 Å². The third-order valence-corrected chi connectivity index (χ3v) is 3.15. The second kappa shape index (κ2) is 4.90. The summed E-state index contributed by atoms with van der Waals surface area (Å²) >= 11 is 0. The van der Waals surface area contributed by atoms with Gasteiger partial charge in [0.25, 0.3) is 0 Å². The van der Waals surface area contributed by atoms with Gasteiger partial charge >= 0.3 is 5.97 Å². The van der Waals surface area contributed by atoms with E-state index in [0.29, 0.717) is 17.0 Å². The van der Waals surface area contributed by atoms with Gasteiger partial charge in [-0.15, -0.1) is 0 Å². The quantitative estimate of drug-likeness (QED) is 0.804. The van der Waals surface area contributed by atoms with E-state index in [-0.39, 0.29) is 11.4 Å². The molecular formula is C15H11FN2O3. The molecule has 0 atom stereocenters. The number of methoxy groups -OCH3 is 1. The van der Waals surface area contributed by atoms with E-state index in [1.807, 2.05) is 0 Å². The van der Waals surface area contributed by atoms with Gasteiger partial charge in [-0.1, -0.05) is 0 Å². The number of carboxylic acids is 1. The molecule has 1 aromatic carbocycles. The topological polar surface area (TPSA) is 63.8 Å². The first-order chi connectivity index (χ1) is 10.1. The zero-order valence-electron chi connectivity index (χ0n) is 11.1. The molecule has 2 heterocycles. The summed E-state index contributed by atoms with van der Waals surface area (Å²) in [5, 5.41) is 9.40. The molecule has 3 aromatic rings. The van der Waals surface area contributed by atoms with Crippen LogP contribution in [0.3, 0.4) is 0 Å². The maximum absolute atomic E-state index is 13.3. The van der Waals surface area contributed by atoms with Crippen LogP contribution in [0.5, 0.6) is 5.75 Å². The van der Waals surface area contributed by atoms with Crippen molar-refractivity contribution in [3.05, 3.63) is 54.1 Å². The Morgan fingerprint density at radius 3 is 2.57 bits per heavy atom. The van der Waals surface area contributed by atoms with Crippen LogP contribution in [0.4, 0.5) is 4.39 Å². The van der Waals surface area contributed by atoms with E-state index >= 15 is 0 Å². The number of pyridine rings is 1. The number of rotatable bonds is 3. The fraction of sp³-hybridized carbons (Fsp3) is 0.0667. The average molecular weight is 286 g/mol. The summed E-state index contributed by atoms with van der Waals surface area (Å²) in [5.74, 6) is -1.03. The van der Waals surface area contributed by atoms with Crippen LogP contribution in [0.15, 0.2) is 42.6 Å². The van der Waals surface area contributed by atoms with Gasteiger partial charge in [0.15, 0.2) is 5.69 Å². The van der Waals surface area contributed by atoms with Gasteiger partial charge in [-0.3, -0.25) is 4.40 Å². The predicted molar refractivity (Wildman–Crippen MR) is 74.1 cm³/mol. The zero-order chi connectivity index (χ0) is 15.0. The predicted octanol–water partition coefficient (Wildman–Crippen LogP) is 2.85. The third kappa shape index (κ3) is 2.20. The lowest BCUT2D eigenvalue weighted by atomic mass is 10.1. The standard InChI is InChI=1S/C15H11FN2O3/c1-21-11-5-2-9(3-6-11)13-14(15(19)20)18-8-10(16)4-7-12(18)17-13/h2-8H,1H3,(H,19,20). The molecule has 0 radical (unpaired) electrons. The summed E-state index contributed by atoms with van der Waals surface area (Å²) < 4.78 is 19.6. The first kappa shape index (κ1) is 13.1. The SMILES string of the molecule is COc1ccc(-c2nc3ccc(F)cn3c2C(=O)O)cc1. The second-order valence-electron chi connectivity index (χ2n) is 4.42. The molecule has 2 aromatic heterocycles. The van der Waals surface area contributed by atoms with Crippen molar-refractivity contribution in [1.29, 1.82) is 0 Å². The van der Waals surface area contributed by atoms with E-state index in [9.17, 15) is 14.3 Å². The van der Waals surface area contributed by atoms with Crippen molar-refractivity contribution < 1.29 is 19.0 Å². The number of aromatic carboxylic acids is 1. The van der Waals surface area contributed by atoms with Crippen molar-refractivity contribution in [3.8, 4) is 17.0 Å². The van der Waals surface area contributed by atoms with Crippen LogP contribution in [0.2, 0.25) is 0 Å². The number of hydrogen-bond donors (Lipinski definition) is 1. The van der Waals surface area contributed by atoms with Crippen LogP contribution in [-0.2, 0) is 0 Å². The summed E-state index contributed by atoms with van der Waals surface area (Å²) in [6.45, 7) is 0. The Balaban J connectivity index is 2.25. The number of benzene rings is 1. The number of imidazole rings is 1. The fourth-order valence-electron chi connectivity index (χ4n) is 2.17. The summed E-state index contributed by atoms with van der Waals surface area (Å²) in [7, 11) is 1.55. The highest BCUT2D eigenvalue weighted by molar-refractivity contribution is 5.94. The second-order valence-corrected chi connectivity index (χ2v) is 4.42. The van der Waals surface area contributed by atoms with Crippen molar-refractivity contribution >= 4 is 11.6 Å². The van der Waals surface area contributed by atoms with Gasteiger partial charge in [0.05, 0.1) is 7.11 Å². The fourth-order valence-corrected chi connectivity index (χ4v) is 2.17. The molecule has 1 N–H and O–H groups in total. The minimum absolute atomic E-state index is 0.0744. The first-order valence-corrected chi connectivity index (χ1v) is 6.15.